The average Bonchev–Trinajstić information content (AvgIpc) is 2.28. The van der Waals surface area contributed by atoms with Gasteiger partial charge in [0.05, 0.1) is 7.11 Å². The van der Waals surface area contributed by atoms with E-state index in [2.05, 4.69) is 16.8 Å². The van der Waals surface area contributed by atoms with Gasteiger partial charge in [-0.15, -0.1) is 0 Å². The fraction of sp³-hybridized carbons (Fsp3) is 0.545. The Hall–Kier alpha value is -1.29. The van der Waals surface area contributed by atoms with Crippen LogP contribution in [-0.2, 0) is 0 Å². The second kappa shape index (κ2) is 5.56. The van der Waals surface area contributed by atoms with Gasteiger partial charge in [0, 0.05) is 31.5 Å². The van der Waals surface area contributed by atoms with E-state index in [1.807, 2.05) is 19.2 Å². The number of nitrogens with zero attached hydrogens (tertiary/aromatic N) is 2. The fourth-order valence-corrected chi connectivity index (χ4v) is 1.40. The standard InChI is InChI=1S/C11H19N3O/c1-9(7-12)8-14(2)10-4-5-13-11(6-10)15-3/h4-6,9H,7-8,12H2,1-3H3. The van der Waals surface area contributed by atoms with Crippen molar-refractivity contribution >= 4 is 5.69 Å². The van der Waals surface area contributed by atoms with Crippen LogP contribution >= 0.6 is 0 Å². The van der Waals surface area contributed by atoms with E-state index in [1.165, 1.54) is 0 Å². The summed E-state index contributed by atoms with van der Waals surface area (Å²) in [6.07, 6.45) is 1.75. The summed E-state index contributed by atoms with van der Waals surface area (Å²) < 4.78 is 5.07. The summed E-state index contributed by atoms with van der Waals surface area (Å²) >= 11 is 0. The zero-order chi connectivity index (χ0) is 11.3. The van der Waals surface area contributed by atoms with Crippen LogP contribution in [0, 0.1) is 5.92 Å². The molecule has 1 aromatic heterocycles. The lowest BCUT2D eigenvalue weighted by atomic mass is 10.1. The normalized spacial score (nSPS) is 12.3. The monoisotopic (exact) mass is 209 g/mol. The number of ether oxygens (including phenoxy) is 1. The molecule has 0 aliphatic rings. The van der Waals surface area contributed by atoms with Crippen molar-refractivity contribution < 1.29 is 4.74 Å². The molecule has 1 heterocycles. The molecule has 0 radical (unpaired) electrons. The van der Waals surface area contributed by atoms with Crippen molar-refractivity contribution in [1.29, 1.82) is 0 Å². The van der Waals surface area contributed by atoms with E-state index in [9.17, 15) is 0 Å². The van der Waals surface area contributed by atoms with Gasteiger partial charge in [0.15, 0.2) is 0 Å². The number of rotatable bonds is 5. The summed E-state index contributed by atoms with van der Waals surface area (Å²) in [5.41, 5.74) is 6.69. The average molecular weight is 209 g/mol. The molecule has 0 bridgehead atoms. The summed E-state index contributed by atoms with van der Waals surface area (Å²) in [4.78, 5) is 6.22. The molecule has 1 aromatic rings. The van der Waals surface area contributed by atoms with Gasteiger partial charge >= 0.3 is 0 Å². The Morgan fingerprint density at radius 2 is 2.33 bits per heavy atom. The maximum Gasteiger partial charge on any atom is 0.214 e. The van der Waals surface area contributed by atoms with Crippen LogP contribution in [0.4, 0.5) is 5.69 Å². The Kier molecular flexibility index (Phi) is 4.37. The van der Waals surface area contributed by atoms with Crippen LogP contribution in [0.2, 0.25) is 0 Å². The van der Waals surface area contributed by atoms with Crippen LogP contribution in [0.25, 0.3) is 0 Å². The number of methoxy groups -OCH3 is 1. The second-order valence-corrected chi connectivity index (χ2v) is 3.78. The highest BCUT2D eigenvalue weighted by molar-refractivity contribution is 5.47. The molecular weight excluding hydrogens is 190 g/mol. The van der Waals surface area contributed by atoms with E-state index in [0.29, 0.717) is 18.3 Å². The molecule has 1 atom stereocenters. The molecule has 4 nitrogen and oxygen atoms in total. The highest BCUT2D eigenvalue weighted by Crippen LogP contribution is 2.17. The number of pyridine rings is 1. The highest BCUT2D eigenvalue weighted by atomic mass is 16.5. The molecule has 0 aliphatic carbocycles. The Bertz CT molecular complexity index is 304. The van der Waals surface area contributed by atoms with Gasteiger partial charge in [-0.25, -0.2) is 4.98 Å². The van der Waals surface area contributed by atoms with Crippen LogP contribution in [0.5, 0.6) is 5.88 Å². The van der Waals surface area contributed by atoms with Crippen LogP contribution in [0.15, 0.2) is 18.3 Å². The molecule has 0 fully saturated rings. The third-order valence-corrected chi connectivity index (χ3v) is 2.36. The third kappa shape index (κ3) is 3.40. The lowest BCUT2D eigenvalue weighted by molar-refractivity contribution is 0.398. The molecule has 84 valence electrons. The van der Waals surface area contributed by atoms with E-state index in [4.69, 9.17) is 10.5 Å². The molecule has 0 aromatic carbocycles. The van der Waals surface area contributed by atoms with Crippen LogP contribution in [0.1, 0.15) is 6.92 Å². The Balaban J connectivity index is 2.68. The van der Waals surface area contributed by atoms with Gasteiger partial charge in [-0.2, -0.15) is 0 Å². The Morgan fingerprint density at radius 1 is 1.60 bits per heavy atom. The predicted molar refractivity (Wildman–Crippen MR) is 62.3 cm³/mol. The minimum absolute atomic E-state index is 0.481. The minimum Gasteiger partial charge on any atom is -0.481 e. The number of aromatic nitrogens is 1. The quantitative estimate of drug-likeness (QED) is 0.789. The third-order valence-electron chi connectivity index (χ3n) is 2.36. The highest BCUT2D eigenvalue weighted by Gasteiger charge is 2.06. The van der Waals surface area contributed by atoms with Crippen molar-refractivity contribution in [3.8, 4) is 5.88 Å². The first-order chi connectivity index (χ1) is 7.17. The molecule has 0 spiro atoms. The summed E-state index contributed by atoms with van der Waals surface area (Å²) in [6.45, 7) is 3.77. The maximum atomic E-state index is 5.59. The molecule has 1 unspecified atom stereocenters. The minimum atomic E-state index is 0.481. The van der Waals surface area contributed by atoms with Crippen molar-refractivity contribution in [2.24, 2.45) is 11.7 Å². The molecular formula is C11H19N3O. The van der Waals surface area contributed by atoms with E-state index < -0.39 is 0 Å². The van der Waals surface area contributed by atoms with Gasteiger partial charge in [0.2, 0.25) is 5.88 Å². The molecule has 2 N–H and O–H groups in total. The maximum absolute atomic E-state index is 5.59. The molecule has 1 rings (SSSR count). The lowest BCUT2D eigenvalue weighted by Gasteiger charge is -2.22. The van der Waals surface area contributed by atoms with Crippen LogP contribution in [-0.4, -0.2) is 32.2 Å². The first kappa shape index (κ1) is 11.8. The zero-order valence-corrected chi connectivity index (χ0v) is 9.60. The van der Waals surface area contributed by atoms with Crippen molar-refractivity contribution in [1.82, 2.24) is 4.98 Å². The molecule has 0 saturated carbocycles. The number of nitrogens with two attached hydrogens (primary N) is 1. The van der Waals surface area contributed by atoms with E-state index in [1.54, 1.807) is 13.3 Å². The Morgan fingerprint density at radius 3 is 2.93 bits per heavy atom. The first-order valence-electron chi connectivity index (χ1n) is 5.08. The van der Waals surface area contributed by atoms with Crippen LogP contribution < -0.4 is 15.4 Å². The SMILES string of the molecule is COc1cc(N(C)CC(C)CN)ccn1. The fourth-order valence-electron chi connectivity index (χ4n) is 1.40. The molecule has 15 heavy (non-hydrogen) atoms. The largest absolute Gasteiger partial charge is 0.481 e. The molecule has 4 heteroatoms. The zero-order valence-electron chi connectivity index (χ0n) is 9.60. The lowest BCUT2D eigenvalue weighted by Crippen LogP contribution is -2.28. The van der Waals surface area contributed by atoms with Crippen molar-refractivity contribution in [3.05, 3.63) is 18.3 Å². The van der Waals surface area contributed by atoms with Gasteiger partial charge in [0.25, 0.3) is 0 Å². The van der Waals surface area contributed by atoms with Crippen LogP contribution in [0.3, 0.4) is 0 Å². The summed E-state index contributed by atoms with van der Waals surface area (Å²) in [7, 11) is 3.66. The second-order valence-electron chi connectivity index (χ2n) is 3.78. The molecule has 0 saturated heterocycles. The summed E-state index contributed by atoms with van der Waals surface area (Å²) in [5, 5.41) is 0. The number of anilines is 1. The van der Waals surface area contributed by atoms with Gasteiger partial charge in [-0.3, -0.25) is 0 Å². The summed E-state index contributed by atoms with van der Waals surface area (Å²) in [5.74, 6) is 1.12. The first-order valence-corrected chi connectivity index (χ1v) is 5.08. The Labute approximate surface area is 91.1 Å². The predicted octanol–water partition coefficient (Wildman–Crippen LogP) is 1.12. The van der Waals surface area contributed by atoms with Crippen molar-refractivity contribution in [2.75, 3.05) is 32.1 Å². The van der Waals surface area contributed by atoms with Crippen molar-refractivity contribution in [3.63, 3.8) is 0 Å². The van der Waals surface area contributed by atoms with E-state index in [0.717, 1.165) is 12.2 Å². The van der Waals surface area contributed by atoms with Gasteiger partial charge < -0.3 is 15.4 Å². The van der Waals surface area contributed by atoms with Crippen molar-refractivity contribution in [2.45, 2.75) is 6.92 Å². The molecule has 0 amide bonds. The van der Waals surface area contributed by atoms with Gasteiger partial charge in [0.1, 0.15) is 0 Å². The smallest absolute Gasteiger partial charge is 0.214 e. The summed E-state index contributed by atoms with van der Waals surface area (Å²) in [6, 6.07) is 3.88. The van der Waals surface area contributed by atoms with Gasteiger partial charge in [-0.1, -0.05) is 6.92 Å². The molecule has 0 aliphatic heterocycles. The van der Waals surface area contributed by atoms with E-state index >= 15 is 0 Å². The van der Waals surface area contributed by atoms with E-state index in [-0.39, 0.29) is 0 Å². The van der Waals surface area contributed by atoms with Gasteiger partial charge in [-0.05, 0) is 18.5 Å². The number of hydrogen-bond acceptors (Lipinski definition) is 4. The number of hydrogen-bond donors (Lipinski definition) is 1. The topological polar surface area (TPSA) is 51.4 Å².